The van der Waals surface area contributed by atoms with Crippen LogP contribution >= 0.6 is 15.9 Å². The number of ether oxygens (including phenoxy) is 1. The van der Waals surface area contributed by atoms with Crippen LogP contribution < -0.4 is 5.56 Å². The molecule has 0 saturated heterocycles. The van der Waals surface area contributed by atoms with Gasteiger partial charge in [-0.2, -0.15) is 0 Å². The first-order valence-electron chi connectivity index (χ1n) is 6.56. The van der Waals surface area contributed by atoms with Gasteiger partial charge in [0.15, 0.2) is 0 Å². The second-order valence-corrected chi connectivity index (χ2v) is 5.31. The molecule has 0 fully saturated rings. The summed E-state index contributed by atoms with van der Waals surface area (Å²) in [6.07, 6.45) is 4.14. The van der Waals surface area contributed by atoms with Crippen molar-refractivity contribution in [2.45, 2.75) is 46.1 Å². The minimum Gasteiger partial charge on any atom is -0.464 e. The Bertz CT molecular complexity index is 496. The third kappa shape index (κ3) is 4.20. The maximum Gasteiger partial charge on any atom is 0.329 e. The van der Waals surface area contributed by atoms with Crippen LogP contribution in [-0.2, 0) is 9.53 Å². The maximum absolute atomic E-state index is 12.0. The van der Waals surface area contributed by atoms with Crippen molar-refractivity contribution < 1.29 is 9.53 Å². The van der Waals surface area contributed by atoms with Crippen molar-refractivity contribution in [3.8, 4) is 0 Å². The van der Waals surface area contributed by atoms with E-state index in [1.807, 2.05) is 6.92 Å². The second-order valence-electron chi connectivity index (χ2n) is 4.46. The number of hydrogen-bond donors (Lipinski definition) is 0. The van der Waals surface area contributed by atoms with Crippen molar-refractivity contribution >= 4 is 21.9 Å². The predicted octanol–water partition coefficient (Wildman–Crippen LogP) is 3.21. The zero-order valence-corrected chi connectivity index (χ0v) is 13.2. The number of pyridine rings is 1. The van der Waals surface area contributed by atoms with Gasteiger partial charge in [-0.25, -0.2) is 4.79 Å². The van der Waals surface area contributed by atoms with Crippen LogP contribution in [-0.4, -0.2) is 17.1 Å². The van der Waals surface area contributed by atoms with Gasteiger partial charge >= 0.3 is 5.97 Å². The summed E-state index contributed by atoms with van der Waals surface area (Å²) in [6, 6.07) is 0.992. The first kappa shape index (κ1) is 16.0. The van der Waals surface area contributed by atoms with Crippen molar-refractivity contribution in [2.75, 3.05) is 6.61 Å². The van der Waals surface area contributed by atoms with Gasteiger partial charge in [0.05, 0.1) is 6.61 Å². The number of unbranched alkanes of at least 4 members (excludes halogenated alkanes) is 1. The van der Waals surface area contributed by atoms with Crippen molar-refractivity contribution in [2.24, 2.45) is 0 Å². The standard InChI is InChI=1S/C14H20BrNO3/c1-4-6-7-12(14(18)19-5-2)16-9-11(15)10(3)8-13(16)17/h8-9,12H,4-7H2,1-3H3. The zero-order valence-electron chi connectivity index (χ0n) is 11.6. The van der Waals surface area contributed by atoms with E-state index < -0.39 is 6.04 Å². The first-order chi connectivity index (χ1) is 9.01. The van der Waals surface area contributed by atoms with Crippen LogP contribution in [0.25, 0.3) is 0 Å². The molecule has 1 unspecified atom stereocenters. The average molecular weight is 330 g/mol. The number of aromatic nitrogens is 1. The molecule has 0 N–H and O–H groups in total. The largest absolute Gasteiger partial charge is 0.464 e. The molecule has 1 heterocycles. The number of aryl methyl sites for hydroxylation is 1. The Kier molecular flexibility index (Phi) is 6.28. The fourth-order valence-electron chi connectivity index (χ4n) is 1.87. The monoisotopic (exact) mass is 329 g/mol. The van der Waals surface area contributed by atoms with E-state index in [4.69, 9.17) is 4.74 Å². The van der Waals surface area contributed by atoms with E-state index in [-0.39, 0.29) is 11.5 Å². The number of carbonyl (C=O) groups excluding carboxylic acids is 1. The SMILES string of the molecule is CCCCC(C(=O)OCC)n1cc(Br)c(C)cc1=O. The van der Waals surface area contributed by atoms with Gasteiger partial charge in [-0.1, -0.05) is 19.8 Å². The minimum atomic E-state index is -0.538. The van der Waals surface area contributed by atoms with Gasteiger partial charge in [-0.3, -0.25) is 4.79 Å². The first-order valence-corrected chi connectivity index (χ1v) is 7.35. The molecule has 0 radical (unpaired) electrons. The molecule has 1 rings (SSSR count). The van der Waals surface area contributed by atoms with Gasteiger partial charge in [0.1, 0.15) is 6.04 Å². The van der Waals surface area contributed by atoms with Crippen molar-refractivity contribution in [1.82, 2.24) is 4.57 Å². The lowest BCUT2D eigenvalue weighted by Gasteiger charge is -2.18. The van der Waals surface area contributed by atoms with Crippen LogP contribution in [0.5, 0.6) is 0 Å². The molecular weight excluding hydrogens is 310 g/mol. The average Bonchev–Trinajstić information content (AvgIpc) is 2.36. The molecule has 0 saturated carbocycles. The van der Waals surface area contributed by atoms with Crippen LogP contribution in [0, 0.1) is 6.92 Å². The number of carbonyl (C=O) groups is 1. The highest BCUT2D eigenvalue weighted by atomic mass is 79.9. The van der Waals surface area contributed by atoms with E-state index in [1.165, 1.54) is 10.6 Å². The third-order valence-electron chi connectivity index (χ3n) is 2.95. The Morgan fingerprint density at radius 2 is 2.16 bits per heavy atom. The van der Waals surface area contributed by atoms with Gasteiger partial charge in [-0.15, -0.1) is 0 Å². The highest BCUT2D eigenvalue weighted by molar-refractivity contribution is 9.10. The molecule has 0 aliphatic carbocycles. The number of halogens is 1. The van der Waals surface area contributed by atoms with E-state index in [0.717, 1.165) is 22.9 Å². The number of esters is 1. The summed E-state index contributed by atoms with van der Waals surface area (Å²) in [5.74, 6) is -0.339. The Morgan fingerprint density at radius 1 is 1.47 bits per heavy atom. The van der Waals surface area contributed by atoms with E-state index in [2.05, 4.69) is 22.9 Å². The topological polar surface area (TPSA) is 48.3 Å². The Labute approximate surface area is 121 Å². The summed E-state index contributed by atoms with van der Waals surface area (Å²) in [6.45, 7) is 5.99. The highest BCUT2D eigenvalue weighted by Crippen LogP contribution is 2.19. The van der Waals surface area contributed by atoms with Crippen molar-refractivity contribution in [3.05, 3.63) is 32.7 Å². The summed E-state index contributed by atoms with van der Waals surface area (Å²) < 4.78 is 7.35. The third-order valence-corrected chi connectivity index (χ3v) is 3.78. The number of hydrogen-bond acceptors (Lipinski definition) is 3. The van der Waals surface area contributed by atoms with Gasteiger partial charge in [0.2, 0.25) is 0 Å². The molecular formula is C14H20BrNO3. The second kappa shape index (κ2) is 7.48. The lowest BCUT2D eigenvalue weighted by molar-refractivity contribution is -0.147. The zero-order chi connectivity index (χ0) is 14.4. The van der Waals surface area contributed by atoms with Gasteiger partial charge < -0.3 is 9.30 Å². The molecule has 5 heteroatoms. The fraction of sp³-hybridized carbons (Fsp3) is 0.571. The van der Waals surface area contributed by atoms with E-state index in [9.17, 15) is 9.59 Å². The van der Waals surface area contributed by atoms with Crippen LogP contribution in [0.2, 0.25) is 0 Å². The van der Waals surface area contributed by atoms with Crippen molar-refractivity contribution in [1.29, 1.82) is 0 Å². The molecule has 1 aromatic heterocycles. The Hall–Kier alpha value is -1.10. The van der Waals surface area contributed by atoms with Crippen LogP contribution in [0.4, 0.5) is 0 Å². The molecule has 0 aliphatic heterocycles. The van der Waals surface area contributed by atoms with Crippen molar-refractivity contribution in [3.63, 3.8) is 0 Å². The smallest absolute Gasteiger partial charge is 0.329 e. The molecule has 0 spiro atoms. The normalized spacial score (nSPS) is 12.2. The molecule has 4 nitrogen and oxygen atoms in total. The molecule has 19 heavy (non-hydrogen) atoms. The predicted molar refractivity (Wildman–Crippen MR) is 78.3 cm³/mol. The lowest BCUT2D eigenvalue weighted by atomic mass is 10.1. The van der Waals surface area contributed by atoms with E-state index in [0.29, 0.717) is 13.0 Å². The molecule has 0 bridgehead atoms. The number of nitrogens with zero attached hydrogens (tertiary/aromatic N) is 1. The summed E-state index contributed by atoms with van der Waals surface area (Å²) in [5, 5.41) is 0. The fourth-order valence-corrected chi connectivity index (χ4v) is 2.20. The van der Waals surface area contributed by atoms with Crippen LogP contribution in [0.15, 0.2) is 21.5 Å². The molecule has 0 aromatic carbocycles. The van der Waals surface area contributed by atoms with Gasteiger partial charge in [0, 0.05) is 16.7 Å². The van der Waals surface area contributed by atoms with Crippen LogP contribution in [0.3, 0.4) is 0 Å². The highest BCUT2D eigenvalue weighted by Gasteiger charge is 2.22. The lowest BCUT2D eigenvalue weighted by Crippen LogP contribution is -2.31. The summed E-state index contributed by atoms with van der Waals surface area (Å²) in [7, 11) is 0. The minimum absolute atomic E-state index is 0.171. The van der Waals surface area contributed by atoms with Gasteiger partial charge in [0.25, 0.3) is 5.56 Å². The van der Waals surface area contributed by atoms with Gasteiger partial charge in [-0.05, 0) is 41.8 Å². The molecule has 106 valence electrons. The summed E-state index contributed by atoms with van der Waals surface area (Å²) in [5.41, 5.74) is 0.689. The summed E-state index contributed by atoms with van der Waals surface area (Å²) in [4.78, 5) is 24.0. The van der Waals surface area contributed by atoms with E-state index >= 15 is 0 Å². The molecule has 0 amide bonds. The molecule has 1 aromatic rings. The number of rotatable bonds is 6. The Morgan fingerprint density at radius 3 is 2.74 bits per heavy atom. The van der Waals surface area contributed by atoms with Crippen LogP contribution in [0.1, 0.15) is 44.7 Å². The van der Waals surface area contributed by atoms with E-state index in [1.54, 1.807) is 13.1 Å². The Balaban J connectivity index is 3.13. The molecule has 1 atom stereocenters. The maximum atomic E-state index is 12.0. The summed E-state index contributed by atoms with van der Waals surface area (Å²) >= 11 is 3.39. The molecule has 0 aliphatic rings. The quantitative estimate of drug-likeness (QED) is 0.753.